The number of hydrogen-bond donors (Lipinski definition) is 1. The Morgan fingerprint density at radius 2 is 2.00 bits per heavy atom. The fourth-order valence-corrected chi connectivity index (χ4v) is 2.04. The Labute approximate surface area is 129 Å². The van der Waals surface area contributed by atoms with Crippen LogP contribution in [-0.2, 0) is 18.2 Å². The van der Waals surface area contributed by atoms with Crippen molar-refractivity contribution in [2.75, 3.05) is 13.2 Å². The molecule has 1 aromatic carbocycles. The molecule has 0 saturated heterocycles. The smallest absolute Gasteiger partial charge is 0.358 e. The van der Waals surface area contributed by atoms with Gasteiger partial charge >= 0.3 is 5.97 Å². The van der Waals surface area contributed by atoms with Gasteiger partial charge in [0.2, 0.25) is 0 Å². The molecule has 0 aliphatic rings. The SMILES string of the molecule is CCOC(=O)c1cc(C(=O)NCCc2ccccc2)n(C)n1. The molecule has 0 saturated carbocycles. The number of carbonyl (C=O) groups excluding carboxylic acids is 2. The average Bonchev–Trinajstić information content (AvgIpc) is 2.91. The third-order valence-electron chi connectivity index (χ3n) is 3.14. The Balaban J connectivity index is 1.93. The van der Waals surface area contributed by atoms with E-state index in [0.717, 1.165) is 12.0 Å². The summed E-state index contributed by atoms with van der Waals surface area (Å²) in [7, 11) is 1.62. The van der Waals surface area contributed by atoms with Crippen molar-refractivity contribution in [3.63, 3.8) is 0 Å². The third kappa shape index (κ3) is 3.94. The first-order chi connectivity index (χ1) is 10.6. The van der Waals surface area contributed by atoms with Crippen molar-refractivity contribution in [3.8, 4) is 0 Å². The number of carbonyl (C=O) groups is 2. The van der Waals surface area contributed by atoms with Crippen molar-refractivity contribution in [3.05, 3.63) is 53.3 Å². The van der Waals surface area contributed by atoms with Crippen LogP contribution in [0.2, 0.25) is 0 Å². The maximum Gasteiger partial charge on any atom is 0.358 e. The van der Waals surface area contributed by atoms with E-state index in [1.807, 2.05) is 30.3 Å². The highest BCUT2D eigenvalue weighted by Gasteiger charge is 2.17. The quantitative estimate of drug-likeness (QED) is 0.822. The van der Waals surface area contributed by atoms with Gasteiger partial charge in [-0.2, -0.15) is 5.10 Å². The van der Waals surface area contributed by atoms with Crippen molar-refractivity contribution in [2.24, 2.45) is 7.05 Å². The Morgan fingerprint density at radius 1 is 1.27 bits per heavy atom. The van der Waals surface area contributed by atoms with Gasteiger partial charge in [0.05, 0.1) is 6.61 Å². The number of benzene rings is 1. The first-order valence-electron chi connectivity index (χ1n) is 7.15. The van der Waals surface area contributed by atoms with Gasteiger partial charge in [0, 0.05) is 19.7 Å². The first kappa shape index (κ1) is 15.8. The fraction of sp³-hybridized carbons (Fsp3) is 0.312. The lowest BCUT2D eigenvalue weighted by atomic mass is 10.1. The zero-order chi connectivity index (χ0) is 15.9. The molecule has 2 aromatic rings. The molecule has 1 heterocycles. The van der Waals surface area contributed by atoms with Crippen molar-refractivity contribution >= 4 is 11.9 Å². The Kier molecular flexibility index (Phi) is 5.30. The Morgan fingerprint density at radius 3 is 2.68 bits per heavy atom. The summed E-state index contributed by atoms with van der Waals surface area (Å²) in [5, 5.41) is 6.82. The van der Waals surface area contributed by atoms with Crippen LogP contribution in [0.25, 0.3) is 0 Å². The van der Waals surface area contributed by atoms with E-state index in [4.69, 9.17) is 4.74 Å². The van der Waals surface area contributed by atoms with Gasteiger partial charge < -0.3 is 10.1 Å². The normalized spacial score (nSPS) is 10.3. The Hall–Kier alpha value is -2.63. The number of hydrogen-bond acceptors (Lipinski definition) is 4. The second-order valence-corrected chi connectivity index (χ2v) is 4.75. The average molecular weight is 301 g/mol. The summed E-state index contributed by atoms with van der Waals surface area (Å²) >= 11 is 0. The number of aromatic nitrogens is 2. The van der Waals surface area contributed by atoms with Crippen LogP contribution in [-0.4, -0.2) is 34.8 Å². The van der Waals surface area contributed by atoms with Crippen molar-refractivity contribution in [2.45, 2.75) is 13.3 Å². The van der Waals surface area contributed by atoms with Crippen LogP contribution in [0.4, 0.5) is 0 Å². The number of nitrogens with one attached hydrogen (secondary N) is 1. The molecular weight excluding hydrogens is 282 g/mol. The van der Waals surface area contributed by atoms with E-state index in [1.54, 1.807) is 14.0 Å². The predicted molar refractivity (Wildman–Crippen MR) is 81.6 cm³/mol. The monoisotopic (exact) mass is 301 g/mol. The molecule has 0 bridgehead atoms. The minimum absolute atomic E-state index is 0.137. The molecule has 1 aromatic heterocycles. The number of nitrogens with zero attached hydrogens (tertiary/aromatic N) is 2. The molecule has 0 aliphatic heterocycles. The minimum atomic E-state index is -0.526. The van der Waals surface area contributed by atoms with Crippen molar-refractivity contribution in [1.29, 1.82) is 0 Å². The number of aryl methyl sites for hydroxylation is 1. The molecule has 6 heteroatoms. The first-order valence-corrected chi connectivity index (χ1v) is 7.15. The van der Waals surface area contributed by atoms with Gasteiger partial charge in [-0.3, -0.25) is 9.48 Å². The van der Waals surface area contributed by atoms with Gasteiger partial charge in [-0.15, -0.1) is 0 Å². The second kappa shape index (κ2) is 7.40. The maximum absolute atomic E-state index is 12.1. The van der Waals surface area contributed by atoms with E-state index in [2.05, 4.69) is 10.4 Å². The largest absolute Gasteiger partial charge is 0.461 e. The molecule has 0 unspecified atom stereocenters. The zero-order valence-corrected chi connectivity index (χ0v) is 12.7. The number of esters is 1. The second-order valence-electron chi connectivity index (χ2n) is 4.75. The molecule has 22 heavy (non-hydrogen) atoms. The van der Waals surface area contributed by atoms with E-state index < -0.39 is 5.97 Å². The molecule has 0 spiro atoms. The van der Waals surface area contributed by atoms with Crippen LogP contribution < -0.4 is 5.32 Å². The molecule has 0 radical (unpaired) electrons. The number of ether oxygens (including phenoxy) is 1. The van der Waals surface area contributed by atoms with E-state index in [1.165, 1.54) is 10.7 Å². The Bertz CT molecular complexity index is 650. The lowest BCUT2D eigenvalue weighted by Gasteiger charge is -2.05. The van der Waals surface area contributed by atoms with Crippen LogP contribution in [0, 0.1) is 0 Å². The molecule has 6 nitrogen and oxygen atoms in total. The topological polar surface area (TPSA) is 73.2 Å². The molecule has 0 fully saturated rings. The summed E-state index contributed by atoms with van der Waals surface area (Å²) in [6.45, 7) is 2.51. The summed E-state index contributed by atoms with van der Waals surface area (Å²) in [6.07, 6.45) is 0.745. The number of rotatable bonds is 6. The standard InChI is InChI=1S/C16H19N3O3/c1-3-22-16(21)13-11-14(19(2)18-13)15(20)17-10-9-12-7-5-4-6-8-12/h4-8,11H,3,9-10H2,1-2H3,(H,17,20). The van der Waals surface area contributed by atoms with Gasteiger partial charge in [0.25, 0.3) is 5.91 Å². The molecule has 116 valence electrons. The van der Waals surface area contributed by atoms with Gasteiger partial charge in [0.15, 0.2) is 5.69 Å². The zero-order valence-electron chi connectivity index (χ0n) is 12.7. The summed E-state index contributed by atoms with van der Waals surface area (Å²) in [5.74, 6) is -0.789. The third-order valence-corrected chi connectivity index (χ3v) is 3.14. The molecular formula is C16H19N3O3. The summed E-state index contributed by atoms with van der Waals surface area (Å²) in [5.41, 5.74) is 1.62. The van der Waals surface area contributed by atoms with Gasteiger partial charge in [0.1, 0.15) is 5.69 Å². The van der Waals surface area contributed by atoms with E-state index in [9.17, 15) is 9.59 Å². The van der Waals surface area contributed by atoms with Crippen LogP contribution in [0.3, 0.4) is 0 Å². The summed E-state index contributed by atoms with van der Waals surface area (Å²) in [4.78, 5) is 23.7. The van der Waals surface area contributed by atoms with Crippen molar-refractivity contribution < 1.29 is 14.3 Å². The summed E-state index contributed by atoms with van der Waals surface area (Å²) < 4.78 is 6.25. The van der Waals surface area contributed by atoms with E-state index >= 15 is 0 Å². The highest BCUT2D eigenvalue weighted by atomic mass is 16.5. The maximum atomic E-state index is 12.1. The lowest BCUT2D eigenvalue weighted by Crippen LogP contribution is -2.27. The van der Waals surface area contributed by atoms with Gasteiger partial charge in [-0.1, -0.05) is 30.3 Å². The molecule has 2 rings (SSSR count). The lowest BCUT2D eigenvalue weighted by molar-refractivity contribution is 0.0518. The van der Waals surface area contributed by atoms with E-state index in [0.29, 0.717) is 12.2 Å². The van der Waals surface area contributed by atoms with Gasteiger partial charge in [-0.25, -0.2) is 4.79 Å². The van der Waals surface area contributed by atoms with Crippen LogP contribution in [0.15, 0.2) is 36.4 Å². The molecule has 1 N–H and O–H groups in total. The summed E-state index contributed by atoms with van der Waals surface area (Å²) in [6, 6.07) is 11.3. The van der Waals surface area contributed by atoms with Crippen LogP contribution >= 0.6 is 0 Å². The molecule has 1 amide bonds. The highest BCUT2D eigenvalue weighted by molar-refractivity contribution is 5.96. The van der Waals surface area contributed by atoms with Crippen LogP contribution in [0.1, 0.15) is 33.5 Å². The number of amides is 1. The van der Waals surface area contributed by atoms with E-state index in [-0.39, 0.29) is 18.2 Å². The highest BCUT2D eigenvalue weighted by Crippen LogP contribution is 2.05. The van der Waals surface area contributed by atoms with Crippen LogP contribution in [0.5, 0.6) is 0 Å². The van der Waals surface area contributed by atoms with Crippen molar-refractivity contribution in [1.82, 2.24) is 15.1 Å². The fourth-order valence-electron chi connectivity index (χ4n) is 2.04. The molecule has 0 atom stereocenters. The predicted octanol–water partition coefficient (Wildman–Crippen LogP) is 1.57. The molecule has 0 aliphatic carbocycles. The van der Waals surface area contributed by atoms with Gasteiger partial charge in [-0.05, 0) is 18.9 Å². The minimum Gasteiger partial charge on any atom is -0.461 e.